The highest BCUT2D eigenvalue weighted by molar-refractivity contribution is 6.08. The average Bonchev–Trinajstić information content (AvgIpc) is 3.29. The molecule has 2 aromatic heterocycles. The van der Waals surface area contributed by atoms with Gasteiger partial charge >= 0.3 is 0 Å². The SMILES string of the molecule is CC(C)(C)C(=O)c1c[nH]c2ncc(-c3cccc(NC4CCOC4)c3)nc12. The minimum Gasteiger partial charge on any atom is -0.380 e. The fourth-order valence-electron chi connectivity index (χ4n) is 3.26. The molecule has 6 nitrogen and oxygen atoms in total. The number of carbonyl (C=O) groups excluding carboxylic acids is 1. The largest absolute Gasteiger partial charge is 0.380 e. The molecule has 0 bridgehead atoms. The van der Waals surface area contributed by atoms with Crippen molar-refractivity contribution in [1.29, 1.82) is 0 Å². The molecule has 1 aromatic carbocycles. The van der Waals surface area contributed by atoms with Crippen LogP contribution < -0.4 is 5.32 Å². The van der Waals surface area contributed by atoms with Crippen molar-refractivity contribution in [3.8, 4) is 11.3 Å². The fraction of sp³-hybridized carbons (Fsp3) is 0.381. The van der Waals surface area contributed by atoms with Crippen LogP contribution in [0.2, 0.25) is 0 Å². The number of aromatic nitrogens is 3. The molecule has 1 saturated heterocycles. The summed E-state index contributed by atoms with van der Waals surface area (Å²) in [4.78, 5) is 25.0. The molecule has 0 aliphatic carbocycles. The molecule has 1 unspecified atom stereocenters. The Morgan fingerprint density at radius 1 is 1.33 bits per heavy atom. The third-order valence-corrected chi connectivity index (χ3v) is 4.77. The van der Waals surface area contributed by atoms with Gasteiger partial charge < -0.3 is 15.0 Å². The quantitative estimate of drug-likeness (QED) is 0.683. The maximum absolute atomic E-state index is 12.7. The average molecular weight is 364 g/mol. The molecule has 6 heteroatoms. The Labute approximate surface area is 158 Å². The van der Waals surface area contributed by atoms with Gasteiger partial charge in [-0.25, -0.2) is 9.97 Å². The Kier molecular flexibility index (Phi) is 4.44. The van der Waals surface area contributed by atoms with Crippen LogP contribution in [0, 0.1) is 5.41 Å². The molecule has 1 aliphatic rings. The second-order valence-corrected chi connectivity index (χ2v) is 8.02. The molecule has 1 atom stereocenters. The molecule has 3 heterocycles. The molecule has 1 fully saturated rings. The van der Waals surface area contributed by atoms with Gasteiger partial charge in [0.25, 0.3) is 0 Å². The molecule has 0 radical (unpaired) electrons. The van der Waals surface area contributed by atoms with E-state index in [0.29, 0.717) is 22.8 Å². The third kappa shape index (κ3) is 3.57. The Balaban J connectivity index is 1.68. The highest BCUT2D eigenvalue weighted by Crippen LogP contribution is 2.28. The molecule has 140 valence electrons. The van der Waals surface area contributed by atoms with Crippen molar-refractivity contribution in [3.05, 3.63) is 42.2 Å². The standard InChI is InChI=1S/C21H24N4O2/c1-21(2,3)19(26)16-10-22-20-18(16)25-17(11-23-20)13-5-4-6-14(9-13)24-15-7-8-27-12-15/h4-6,9-11,15,24H,7-8,12H2,1-3H3,(H,22,23). The van der Waals surface area contributed by atoms with E-state index >= 15 is 0 Å². The summed E-state index contributed by atoms with van der Waals surface area (Å²) in [5.41, 5.74) is 4.10. The first-order valence-corrected chi connectivity index (χ1v) is 9.25. The molecule has 0 spiro atoms. The van der Waals surface area contributed by atoms with E-state index < -0.39 is 5.41 Å². The van der Waals surface area contributed by atoms with Crippen LogP contribution in [0.3, 0.4) is 0 Å². The number of carbonyl (C=O) groups is 1. The first kappa shape index (κ1) is 17.7. The number of H-pyrrole nitrogens is 1. The molecule has 3 aromatic rings. The highest BCUT2D eigenvalue weighted by atomic mass is 16.5. The molecular formula is C21H24N4O2. The van der Waals surface area contributed by atoms with Gasteiger partial charge in [-0.1, -0.05) is 32.9 Å². The number of nitrogens with one attached hydrogen (secondary N) is 2. The minimum atomic E-state index is -0.472. The van der Waals surface area contributed by atoms with Crippen molar-refractivity contribution < 1.29 is 9.53 Å². The summed E-state index contributed by atoms with van der Waals surface area (Å²) in [6, 6.07) is 8.45. The summed E-state index contributed by atoms with van der Waals surface area (Å²) in [6.07, 6.45) is 4.46. The molecule has 1 aliphatic heterocycles. The second kappa shape index (κ2) is 6.78. The Morgan fingerprint density at radius 2 is 2.19 bits per heavy atom. The summed E-state index contributed by atoms with van der Waals surface area (Å²) in [7, 11) is 0. The van der Waals surface area contributed by atoms with Crippen molar-refractivity contribution in [2.75, 3.05) is 18.5 Å². The van der Waals surface area contributed by atoms with Crippen LogP contribution in [0.15, 0.2) is 36.7 Å². The first-order valence-electron chi connectivity index (χ1n) is 9.25. The van der Waals surface area contributed by atoms with Gasteiger partial charge in [-0.15, -0.1) is 0 Å². The summed E-state index contributed by atoms with van der Waals surface area (Å²) in [6.45, 7) is 7.27. The number of ether oxygens (including phenoxy) is 1. The van der Waals surface area contributed by atoms with Crippen molar-refractivity contribution in [2.45, 2.75) is 33.2 Å². The molecular weight excluding hydrogens is 340 g/mol. The number of hydrogen-bond acceptors (Lipinski definition) is 5. The topological polar surface area (TPSA) is 79.9 Å². The molecule has 0 amide bonds. The first-order chi connectivity index (χ1) is 12.9. The lowest BCUT2D eigenvalue weighted by Gasteiger charge is -2.15. The van der Waals surface area contributed by atoms with E-state index in [2.05, 4.69) is 21.4 Å². The number of aromatic amines is 1. The van der Waals surface area contributed by atoms with E-state index in [1.807, 2.05) is 39.0 Å². The Morgan fingerprint density at radius 3 is 2.93 bits per heavy atom. The zero-order valence-corrected chi connectivity index (χ0v) is 15.9. The van der Waals surface area contributed by atoms with Crippen molar-refractivity contribution in [1.82, 2.24) is 15.0 Å². The smallest absolute Gasteiger partial charge is 0.171 e. The number of ketones is 1. The number of rotatable bonds is 4. The normalized spacial score (nSPS) is 17.4. The number of nitrogens with zero attached hydrogens (tertiary/aromatic N) is 2. The van der Waals surface area contributed by atoms with Crippen LogP contribution in [0.25, 0.3) is 22.4 Å². The Hall–Kier alpha value is -2.73. The molecule has 0 saturated carbocycles. The summed E-state index contributed by atoms with van der Waals surface area (Å²) < 4.78 is 5.43. The van der Waals surface area contributed by atoms with Gasteiger partial charge in [0.2, 0.25) is 0 Å². The van der Waals surface area contributed by atoms with E-state index in [-0.39, 0.29) is 5.78 Å². The van der Waals surface area contributed by atoms with Crippen LogP contribution in [0.4, 0.5) is 5.69 Å². The van der Waals surface area contributed by atoms with Gasteiger partial charge in [0, 0.05) is 29.5 Å². The van der Waals surface area contributed by atoms with Gasteiger partial charge in [0.15, 0.2) is 11.4 Å². The van der Waals surface area contributed by atoms with E-state index in [1.54, 1.807) is 12.4 Å². The number of Topliss-reactive ketones (excluding diaryl/α,β-unsaturated/α-hetero) is 1. The van der Waals surface area contributed by atoms with Gasteiger partial charge in [-0.05, 0) is 18.6 Å². The van der Waals surface area contributed by atoms with Gasteiger partial charge in [-0.3, -0.25) is 4.79 Å². The summed E-state index contributed by atoms with van der Waals surface area (Å²) >= 11 is 0. The van der Waals surface area contributed by atoms with Crippen LogP contribution in [-0.4, -0.2) is 40.0 Å². The third-order valence-electron chi connectivity index (χ3n) is 4.77. The van der Waals surface area contributed by atoms with E-state index in [1.165, 1.54) is 0 Å². The van der Waals surface area contributed by atoms with Gasteiger partial charge in [0.05, 0.1) is 30.1 Å². The van der Waals surface area contributed by atoms with Crippen LogP contribution in [-0.2, 0) is 4.74 Å². The monoisotopic (exact) mass is 364 g/mol. The molecule has 4 rings (SSSR count). The van der Waals surface area contributed by atoms with Crippen LogP contribution in [0.5, 0.6) is 0 Å². The number of benzene rings is 1. The lowest BCUT2D eigenvalue weighted by atomic mass is 9.87. The molecule has 2 N–H and O–H groups in total. The minimum absolute atomic E-state index is 0.0526. The van der Waals surface area contributed by atoms with Crippen molar-refractivity contribution in [2.24, 2.45) is 5.41 Å². The van der Waals surface area contributed by atoms with Crippen molar-refractivity contribution >= 4 is 22.6 Å². The lowest BCUT2D eigenvalue weighted by Crippen LogP contribution is -2.20. The van der Waals surface area contributed by atoms with E-state index in [0.717, 1.165) is 36.6 Å². The Bertz CT molecular complexity index is 981. The number of anilines is 1. The highest BCUT2D eigenvalue weighted by Gasteiger charge is 2.26. The summed E-state index contributed by atoms with van der Waals surface area (Å²) in [5, 5.41) is 3.50. The van der Waals surface area contributed by atoms with Crippen LogP contribution in [0.1, 0.15) is 37.6 Å². The van der Waals surface area contributed by atoms with Crippen LogP contribution >= 0.6 is 0 Å². The van der Waals surface area contributed by atoms with Gasteiger partial charge in [-0.2, -0.15) is 0 Å². The second-order valence-electron chi connectivity index (χ2n) is 8.02. The predicted octanol–water partition coefficient (Wildman–Crippen LogP) is 4.05. The zero-order valence-electron chi connectivity index (χ0n) is 15.9. The van der Waals surface area contributed by atoms with Crippen molar-refractivity contribution in [3.63, 3.8) is 0 Å². The lowest BCUT2D eigenvalue weighted by molar-refractivity contribution is 0.0860. The zero-order chi connectivity index (χ0) is 19.0. The molecule has 27 heavy (non-hydrogen) atoms. The summed E-state index contributed by atoms with van der Waals surface area (Å²) in [5.74, 6) is 0.0526. The maximum Gasteiger partial charge on any atom is 0.171 e. The predicted molar refractivity (Wildman–Crippen MR) is 106 cm³/mol. The van der Waals surface area contributed by atoms with E-state index in [4.69, 9.17) is 9.72 Å². The maximum atomic E-state index is 12.7. The number of hydrogen-bond donors (Lipinski definition) is 2. The number of fused-ring (bicyclic) bond motifs is 1. The fourth-order valence-corrected chi connectivity index (χ4v) is 3.26. The van der Waals surface area contributed by atoms with E-state index in [9.17, 15) is 4.79 Å². The van der Waals surface area contributed by atoms with Gasteiger partial charge in [0.1, 0.15) is 5.52 Å².